The molecular formula is C25H23N3O2. The van der Waals surface area contributed by atoms with E-state index in [0.29, 0.717) is 24.0 Å². The summed E-state index contributed by atoms with van der Waals surface area (Å²) in [6.45, 7) is 1.23. The molecule has 0 saturated heterocycles. The Balaban J connectivity index is 1.57. The van der Waals surface area contributed by atoms with Gasteiger partial charge in [0.25, 0.3) is 0 Å². The molecule has 0 fully saturated rings. The predicted octanol–water partition coefficient (Wildman–Crippen LogP) is 3.67. The van der Waals surface area contributed by atoms with Crippen molar-refractivity contribution in [3.63, 3.8) is 0 Å². The normalized spacial score (nSPS) is 10.8. The van der Waals surface area contributed by atoms with Gasteiger partial charge in [0.15, 0.2) is 0 Å². The van der Waals surface area contributed by atoms with Gasteiger partial charge in [0.2, 0.25) is 11.3 Å². The quantitative estimate of drug-likeness (QED) is 0.478. The molecule has 30 heavy (non-hydrogen) atoms. The lowest BCUT2D eigenvalue weighted by Gasteiger charge is -2.24. The highest BCUT2D eigenvalue weighted by molar-refractivity contribution is 5.81. The number of fused-ring (bicyclic) bond motifs is 1. The third-order valence-electron chi connectivity index (χ3n) is 5.13. The lowest BCUT2D eigenvalue weighted by atomic mass is 10.1. The van der Waals surface area contributed by atoms with Crippen LogP contribution in [-0.2, 0) is 24.3 Å². The molecule has 3 aromatic carbocycles. The number of para-hydroxylation sites is 1. The third-order valence-corrected chi connectivity index (χ3v) is 5.13. The molecule has 0 aliphatic rings. The molecule has 0 unspecified atom stereocenters. The number of hydrogen-bond donors (Lipinski definition) is 0. The molecule has 0 saturated carbocycles. The maximum atomic E-state index is 13.3. The second-order valence-electron chi connectivity index (χ2n) is 7.22. The monoisotopic (exact) mass is 397 g/mol. The van der Waals surface area contributed by atoms with E-state index in [1.807, 2.05) is 71.6 Å². The Kier molecular flexibility index (Phi) is 5.99. The van der Waals surface area contributed by atoms with Crippen LogP contribution < -0.4 is 5.43 Å². The summed E-state index contributed by atoms with van der Waals surface area (Å²) in [4.78, 5) is 27.2. The highest BCUT2D eigenvalue weighted by Crippen LogP contribution is 2.11. The number of nitrogens with zero attached hydrogens (tertiary/aromatic N) is 3. The highest BCUT2D eigenvalue weighted by Gasteiger charge is 2.16. The van der Waals surface area contributed by atoms with Gasteiger partial charge in [0.05, 0.1) is 11.7 Å². The van der Waals surface area contributed by atoms with Gasteiger partial charge >= 0.3 is 0 Å². The Labute approximate surface area is 175 Å². The van der Waals surface area contributed by atoms with Crippen LogP contribution in [-0.4, -0.2) is 27.1 Å². The summed E-state index contributed by atoms with van der Waals surface area (Å²) in [5, 5.41) is 4.78. The SMILES string of the molecule is O=C(Cn1ncc(=O)c2ccccc21)N(CCc1ccccc1)Cc1ccccc1. The van der Waals surface area contributed by atoms with E-state index in [0.717, 1.165) is 12.0 Å². The van der Waals surface area contributed by atoms with Crippen LogP contribution in [0.1, 0.15) is 11.1 Å². The number of carbonyl (C=O) groups excluding carboxylic acids is 1. The summed E-state index contributed by atoms with van der Waals surface area (Å²) in [7, 11) is 0. The molecule has 0 aliphatic carbocycles. The van der Waals surface area contributed by atoms with E-state index in [4.69, 9.17) is 0 Å². The zero-order valence-electron chi connectivity index (χ0n) is 16.6. The fraction of sp³-hybridized carbons (Fsp3) is 0.160. The average molecular weight is 397 g/mol. The fourth-order valence-corrected chi connectivity index (χ4v) is 3.52. The van der Waals surface area contributed by atoms with Gasteiger partial charge < -0.3 is 4.90 Å². The van der Waals surface area contributed by atoms with Crippen LogP contribution in [0.2, 0.25) is 0 Å². The van der Waals surface area contributed by atoms with Crippen molar-refractivity contribution in [1.82, 2.24) is 14.7 Å². The Morgan fingerprint density at radius 2 is 1.47 bits per heavy atom. The van der Waals surface area contributed by atoms with Gasteiger partial charge in [-0.05, 0) is 29.7 Å². The van der Waals surface area contributed by atoms with Gasteiger partial charge in [-0.1, -0.05) is 72.8 Å². The van der Waals surface area contributed by atoms with Crippen molar-refractivity contribution in [2.75, 3.05) is 6.54 Å². The Morgan fingerprint density at radius 1 is 0.833 bits per heavy atom. The minimum absolute atomic E-state index is 0.0314. The Morgan fingerprint density at radius 3 is 2.20 bits per heavy atom. The summed E-state index contributed by atoms with van der Waals surface area (Å²) in [6, 6.07) is 27.4. The number of hydrogen-bond acceptors (Lipinski definition) is 3. The van der Waals surface area contributed by atoms with E-state index in [2.05, 4.69) is 17.2 Å². The standard InChI is InChI=1S/C25H23N3O2/c29-24-17-26-28(23-14-8-7-13-22(23)24)19-25(30)27(18-21-11-5-2-6-12-21)16-15-20-9-3-1-4-10-20/h1-14,17H,15-16,18-19H2. The molecule has 0 bridgehead atoms. The van der Waals surface area contributed by atoms with Gasteiger partial charge in [-0.25, -0.2) is 0 Å². The Bertz CT molecular complexity index is 1190. The van der Waals surface area contributed by atoms with Gasteiger partial charge in [-0.3, -0.25) is 14.3 Å². The smallest absolute Gasteiger partial charge is 0.244 e. The van der Waals surface area contributed by atoms with E-state index >= 15 is 0 Å². The topological polar surface area (TPSA) is 55.2 Å². The number of amides is 1. The van der Waals surface area contributed by atoms with Crippen molar-refractivity contribution in [1.29, 1.82) is 0 Å². The van der Waals surface area contributed by atoms with Crippen molar-refractivity contribution >= 4 is 16.8 Å². The van der Waals surface area contributed by atoms with Crippen LogP contribution >= 0.6 is 0 Å². The first-order chi connectivity index (χ1) is 14.7. The molecule has 5 nitrogen and oxygen atoms in total. The van der Waals surface area contributed by atoms with Crippen LogP contribution in [0.25, 0.3) is 10.9 Å². The first-order valence-electron chi connectivity index (χ1n) is 10.0. The van der Waals surface area contributed by atoms with Gasteiger partial charge in [0, 0.05) is 18.5 Å². The van der Waals surface area contributed by atoms with Crippen molar-refractivity contribution in [3.05, 3.63) is 112 Å². The zero-order chi connectivity index (χ0) is 20.8. The molecule has 1 heterocycles. The van der Waals surface area contributed by atoms with E-state index in [9.17, 15) is 9.59 Å². The first-order valence-corrected chi connectivity index (χ1v) is 10.0. The zero-order valence-corrected chi connectivity index (χ0v) is 16.6. The van der Waals surface area contributed by atoms with E-state index in [1.165, 1.54) is 11.8 Å². The van der Waals surface area contributed by atoms with Crippen LogP contribution in [0.5, 0.6) is 0 Å². The van der Waals surface area contributed by atoms with Crippen molar-refractivity contribution in [3.8, 4) is 0 Å². The van der Waals surface area contributed by atoms with Crippen molar-refractivity contribution in [2.45, 2.75) is 19.5 Å². The lowest BCUT2D eigenvalue weighted by molar-refractivity contribution is -0.132. The minimum Gasteiger partial charge on any atom is -0.336 e. The molecule has 0 spiro atoms. The number of benzene rings is 3. The molecule has 4 aromatic rings. The summed E-state index contributed by atoms with van der Waals surface area (Å²) in [6.07, 6.45) is 2.05. The van der Waals surface area contributed by atoms with E-state index in [-0.39, 0.29) is 17.9 Å². The predicted molar refractivity (Wildman–Crippen MR) is 118 cm³/mol. The second kappa shape index (κ2) is 9.18. The lowest BCUT2D eigenvalue weighted by Crippen LogP contribution is -2.35. The third kappa shape index (κ3) is 4.63. The van der Waals surface area contributed by atoms with Crippen molar-refractivity contribution in [2.24, 2.45) is 0 Å². The highest BCUT2D eigenvalue weighted by atomic mass is 16.2. The van der Waals surface area contributed by atoms with Crippen LogP contribution in [0, 0.1) is 0 Å². The van der Waals surface area contributed by atoms with Crippen LogP contribution in [0.3, 0.4) is 0 Å². The molecule has 0 atom stereocenters. The summed E-state index contributed by atoms with van der Waals surface area (Å²) >= 11 is 0. The van der Waals surface area contributed by atoms with Crippen molar-refractivity contribution < 1.29 is 4.79 Å². The molecule has 4 rings (SSSR count). The molecule has 1 aromatic heterocycles. The summed E-state index contributed by atoms with van der Waals surface area (Å²) in [5.41, 5.74) is 2.80. The Hall–Kier alpha value is -3.73. The summed E-state index contributed by atoms with van der Waals surface area (Å²) < 4.78 is 1.61. The van der Waals surface area contributed by atoms with Gasteiger partial charge in [-0.15, -0.1) is 0 Å². The first kappa shape index (κ1) is 19.6. The van der Waals surface area contributed by atoms with Crippen LogP contribution in [0.4, 0.5) is 0 Å². The minimum atomic E-state index is -0.139. The molecule has 150 valence electrons. The molecule has 1 amide bonds. The van der Waals surface area contributed by atoms with E-state index < -0.39 is 0 Å². The summed E-state index contributed by atoms with van der Waals surface area (Å²) in [5.74, 6) is -0.0314. The number of rotatable bonds is 7. The maximum absolute atomic E-state index is 13.3. The molecular weight excluding hydrogens is 374 g/mol. The van der Waals surface area contributed by atoms with Crippen LogP contribution in [0.15, 0.2) is 95.9 Å². The molecule has 0 N–H and O–H groups in total. The van der Waals surface area contributed by atoms with E-state index in [1.54, 1.807) is 10.7 Å². The molecule has 0 aliphatic heterocycles. The number of aromatic nitrogens is 2. The largest absolute Gasteiger partial charge is 0.336 e. The molecule has 5 heteroatoms. The average Bonchev–Trinajstić information content (AvgIpc) is 2.80. The fourth-order valence-electron chi connectivity index (χ4n) is 3.52. The number of carbonyl (C=O) groups is 1. The van der Waals surface area contributed by atoms with Gasteiger partial charge in [-0.2, -0.15) is 5.10 Å². The van der Waals surface area contributed by atoms with Gasteiger partial charge in [0.1, 0.15) is 6.54 Å². The second-order valence-corrected chi connectivity index (χ2v) is 7.22. The molecule has 0 radical (unpaired) electrons. The maximum Gasteiger partial charge on any atom is 0.244 e.